The van der Waals surface area contributed by atoms with Crippen LogP contribution in [0.4, 0.5) is 5.69 Å². The molecular formula is C17H13ClN2O2. The van der Waals surface area contributed by atoms with Crippen molar-refractivity contribution in [3.8, 4) is 11.5 Å². The van der Waals surface area contributed by atoms with Gasteiger partial charge < -0.3 is 9.73 Å². The number of amides is 1. The summed E-state index contributed by atoms with van der Waals surface area (Å²) >= 11 is 5.95. The number of fused-ring (bicyclic) bond motifs is 1. The maximum atomic E-state index is 11.7. The maximum Gasteiger partial charge on any atom is 0.227 e. The molecule has 1 fully saturated rings. The molecule has 0 saturated heterocycles. The van der Waals surface area contributed by atoms with E-state index in [2.05, 4.69) is 10.3 Å². The molecule has 0 unspecified atom stereocenters. The quantitative estimate of drug-likeness (QED) is 0.775. The maximum absolute atomic E-state index is 11.7. The van der Waals surface area contributed by atoms with Crippen molar-refractivity contribution in [3.63, 3.8) is 0 Å². The second-order valence-electron chi connectivity index (χ2n) is 5.47. The summed E-state index contributed by atoms with van der Waals surface area (Å²) < 4.78 is 5.72. The summed E-state index contributed by atoms with van der Waals surface area (Å²) in [5, 5.41) is 3.53. The third kappa shape index (κ3) is 2.57. The Labute approximate surface area is 132 Å². The van der Waals surface area contributed by atoms with Crippen LogP contribution >= 0.6 is 11.6 Å². The summed E-state index contributed by atoms with van der Waals surface area (Å²) in [6, 6.07) is 12.8. The highest BCUT2D eigenvalue weighted by atomic mass is 35.5. The zero-order valence-corrected chi connectivity index (χ0v) is 12.4. The Morgan fingerprint density at radius 1 is 1.18 bits per heavy atom. The van der Waals surface area contributed by atoms with E-state index in [1.54, 1.807) is 12.1 Å². The Balaban J connectivity index is 1.59. The van der Waals surface area contributed by atoms with Crippen LogP contribution in [0.25, 0.3) is 22.6 Å². The van der Waals surface area contributed by atoms with Crippen molar-refractivity contribution >= 4 is 34.3 Å². The Morgan fingerprint density at radius 2 is 1.95 bits per heavy atom. The van der Waals surface area contributed by atoms with E-state index in [0.29, 0.717) is 16.5 Å². The lowest BCUT2D eigenvalue weighted by atomic mass is 10.2. The molecule has 5 heteroatoms. The normalized spacial score (nSPS) is 14.2. The zero-order valence-electron chi connectivity index (χ0n) is 11.7. The molecule has 1 saturated carbocycles. The predicted octanol–water partition coefficient (Wildman–Crippen LogP) is 4.50. The van der Waals surface area contributed by atoms with Gasteiger partial charge in [0, 0.05) is 28.3 Å². The van der Waals surface area contributed by atoms with Crippen molar-refractivity contribution in [3.05, 3.63) is 47.5 Å². The number of oxazole rings is 1. The average Bonchev–Trinajstić information content (AvgIpc) is 3.28. The van der Waals surface area contributed by atoms with Crippen molar-refractivity contribution in [2.24, 2.45) is 5.92 Å². The van der Waals surface area contributed by atoms with Gasteiger partial charge in [0.15, 0.2) is 5.58 Å². The van der Waals surface area contributed by atoms with Gasteiger partial charge in [-0.2, -0.15) is 0 Å². The number of hydrogen-bond acceptors (Lipinski definition) is 3. The molecule has 22 heavy (non-hydrogen) atoms. The number of anilines is 1. The standard InChI is InChI=1S/C17H13ClN2O2/c18-12-5-8-14-15(9-12)22-17(20-14)11-3-6-13(7-4-11)19-16(21)10-1-2-10/h3-10H,1-2H2,(H,19,21). The third-order valence-electron chi connectivity index (χ3n) is 3.70. The van der Waals surface area contributed by atoms with Crippen LogP contribution in [0, 0.1) is 5.92 Å². The highest BCUT2D eigenvalue weighted by Crippen LogP contribution is 2.31. The molecule has 0 spiro atoms. The molecule has 1 aliphatic carbocycles. The third-order valence-corrected chi connectivity index (χ3v) is 3.93. The molecule has 1 N–H and O–H groups in total. The first kappa shape index (κ1) is 13.3. The van der Waals surface area contributed by atoms with Gasteiger partial charge in [-0.05, 0) is 49.2 Å². The van der Waals surface area contributed by atoms with Crippen molar-refractivity contribution in [2.75, 3.05) is 5.32 Å². The van der Waals surface area contributed by atoms with Crippen LogP contribution in [-0.4, -0.2) is 10.9 Å². The minimum absolute atomic E-state index is 0.101. The largest absolute Gasteiger partial charge is 0.436 e. The van der Waals surface area contributed by atoms with Crippen LogP contribution in [0.5, 0.6) is 0 Å². The van der Waals surface area contributed by atoms with Gasteiger partial charge in [-0.15, -0.1) is 0 Å². The minimum Gasteiger partial charge on any atom is -0.436 e. The smallest absolute Gasteiger partial charge is 0.227 e. The number of nitrogens with one attached hydrogen (secondary N) is 1. The first-order valence-electron chi connectivity index (χ1n) is 7.16. The number of halogens is 1. The molecule has 2 aromatic carbocycles. The number of hydrogen-bond donors (Lipinski definition) is 1. The highest BCUT2D eigenvalue weighted by molar-refractivity contribution is 6.31. The molecule has 0 bridgehead atoms. The van der Waals surface area contributed by atoms with Gasteiger partial charge in [-0.25, -0.2) is 4.98 Å². The highest BCUT2D eigenvalue weighted by Gasteiger charge is 2.29. The number of carbonyl (C=O) groups is 1. The molecule has 0 aliphatic heterocycles. The van der Waals surface area contributed by atoms with Gasteiger partial charge in [-0.1, -0.05) is 11.6 Å². The Bertz CT molecular complexity index is 851. The molecule has 0 atom stereocenters. The van der Waals surface area contributed by atoms with E-state index < -0.39 is 0 Å². The van der Waals surface area contributed by atoms with Crippen LogP contribution in [0.1, 0.15) is 12.8 Å². The van der Waals surface area contributed by atoms with Gasteiger partial charge in [0.1, 0.15) is 5.52 Å². The van der Waals surface area contributed by atoms with Crippen molar-refractivity contribution < 1.29 is 9.21 Å². The molecule has 1 aromatic heterocycles. The predicted molar refractivity (Wildman–Crippen MR) is 85.8 cm³/mol. The van der Waals surface area contributed by atoms with Crippen LogP contribution in [-0.2, 0) is 4.79 Å². The SMILES string of the molecule is O=C(Nc1ccc(-c2nc3ccc(Cl)cc3o2)cc1)C1CC1. The molecule has 1 heterocycles. The van der Waals surface area contributed by atoms with Gasteiger partial charge in [-0.3, -0.25) is 4.79 Å². The van der Waals surface area contributed by atoms with Crippen LogP contribution in [0.3, 0.4) is 0 Å². The molecule has 110 valence electrons. The average molecular weight is 313 g/mol. The molecule has 1 amide bonds. The van der Waals surface area contributed by atoms with E-state index in [0.717, 1.165) is 29.6 Å². The van der Waals surface area contributed by atoms with Crippen molar-refractivity contribution in [1.29, 1.82) is 0 Å². The molecule has 4 rings (SSSR count). The van der Waals surface area contributed by atoms with Gasteiger partial charge in [0.25, 0.3) is 0 Å². The summed E-state index contributed by atoms with van der Waals surface area (Å²) in [5.74, 6) is 0.836. The number of nitrogens with zero attached hydrogens (tertiary/aromatic N) is 1. The van der Waals surface area contributed by atoms with Crippen molar-refractivity contribution in [2.45, 2.75) is 12.8 Å². The van der Waals surface area contributed by atoms with Crippen LogP contribution < -0.4 is 5.32 Å². The minimum atomic E-state index is 0.101. The molecule has 1 aliphatic rings. The van der Waals surface area contributed by atoms with Crippen LogP contribution in [0.15, 0.2) is 46.9 Å². The van der Waals surface area contributed by atoms with E-state index in [1.165, 1.54) is 0 Å². The zero-order chi connectivity index (χ0) is 15.1. The Hall–Kier alpha value is -2.33. The van der Waals surface area contributed by atoms with Gasteiger partial charge in [0.2, 0.25) is 11.8 Å². The van der Waals surface area contributed by atoms with Crippen LogP contribution in [0.2, 0.25) is 5.02 Å². The fourth-order valence-corrected chi connectivity index (χ4v) is 2.47. The topological polar surface area (TPSA) is 55.1 Å². The molecule has 4 nitrogen and oxygen atoms in total. The number of rotatable bonds is 3. The van der Waals surface area contributed by atoms with Gasteiger partial charge in [0.05, 0.1) is 0 Å². The lowest BCUT2D eigenvalue weighted by Gasteiger charge is -2.04. The lowest BCUT2D eigenvalue weighted by Crippen LogP contribution is -2.12. The second kappa shape index (κ2) is 5.14. The second-order valence-corrected chi connectivity index (χ2v) is 5.91. The molecular weight excluding hydrogens is 300 g/mol. The van der Waals surface area contributed by atoms with E-state index in [4.69, 9.17) is 16.0 Å². The van der Waals surface area contributed by atoms with E-state index in [9.17, 15) is 4.79 Å². The first-order valence-corrected chi connectivity index (χ1v) is 7.54. The lowest BCUT2D eigenvalue weighted by molar-refractivity contribution is -0.117. The Morgan fingerprint density at radius 3 is 2.68 bits per heavy atom. The number of benzene rings is 2. The van der Waals surface area contributed by atoms with E-state index in [1.807, 2.05) is 30.3 Å². The number of carbonyl (C=O) groups excluding carboxylic acids is 1. The summed E-state index contributed by atoms with van der Waals surface area (Å²) in [4.78, 5) is 16.2. The summed E-state index contributed by atoms with van der Waals surface area (Å²) in [5.41, 5.74) is 3.08. The monoisotopic (exact) mass is 312 g/mol. The number of aromatic nitrogens is 1. The van der Waals surface area contributed by atoms with E-state index >= 15 is 0 Å². The van der Waals surface area contributed by atoms with Gasteiger partial charge >= 0.3 is 0 Å². The summed E-state index contributed by atoms with van der Waals surface area (Å²) in [6.45, 7) is 0. The molecule has 0 radical (unpaired) electrons. The first-order chi connectivity index (χ1) is 10.7. The fraction of sp³-hybridized carbons (Fsp3) is 0.176. The summed E-state index contributed by atoms with van der Waals surface area (Å²) in [6.07, 6.45) is 1.99. The van der Waals surface area contributed by atoms with Crippen molar-refractivity contribution in [1.82, 2.24) is 4.98 Å². The van der Waals surface area contributed by atoms with E-state index in [-0.39, 0.29) is 11.8 Å². The Kier molecular flexibility index (Phi) is 3.12. The summed E-state index contributed by atoms with van der Waals surface area (Å²) in [7, 11) is 0. The molecule has 3 aromatic rings. The fourth-order valence-electron chi connectivity index (χ4n) is 2.31.